The molecule has 10 heavy (non-hydrogen) atoms. The first-order valence-electron chi connectivity index (χ1n) is 3.68. The molecule has 0 aromatic rings. The van der Waals surface area contributed by atoms with Crippen molar-refractivity contribution in [1.82, 2.24) is 0 Å². The third-order valence-electron chi connectivity index (χ3n) is 1.96. The summed E-state index contributed by atoms with van der Waals surface area (Å²) in [6.07, 6.45) is 0. The smallest absolute Gasteiger partial charge is 0.145 e. The number of Topliss-reactive ketones (excluding diaryl/α,β-unsaturated/α-hetero) is 1. The minimum atomic E-state index is -0.159. The van der Waals surface area contributed by atoms with Gasteiger partial charge in [0.15, 0.2) is 0 Å². The molecule has 0 aromatic heterocycles. The van der Waals surface area contributed by atoms with Crippen LogP contribution in [0.1, 0.15) is 20.8 Å². The maximum atomic E-state index is 11.4. The van der Waals surface area contributed by atoms with Crippen LogP contribution in [-0.2, 0) is 9.53 Å². The number of hydrogen-bond donors (Lipinski definition) is 0. The van der Waals surface area contributed by atoms with Crippen molar-refractivity contribution >= 4 is 5.78 Å². The molecule has 1 aliphatic heterocycles. The Morgan fingerprint density at radius 3 is 2.10 bits per heavy atom. The summed E-state index contributed by atoms with van der Waals surface area (Å²) in [7, 11) is 0. The van der Waals surface area contributed by atoms with Gasteiger partial charge in [0.2, 0.25) is 0 Å². The Kier molecular flexibility index (Phi) is 1.82. The van der Waals surface area contributed by atoms with E-state index in [9.17, 15) is 4.79 Å². The second-order valence-electron chi connectivity index (χ2n) is 3.57. The van der Waals surface area contributed by atoms with Gasteiger partial charge in [0.1, 0.15) is 5.78 Å². The summed E-state index contributed by atoms with van der Waals surface area (Å²) in [5.74, 6) is 0.479. The van der Waals surface area contributed by atoms with Crippen molar-refractivity contribution in [3.63, 3.8) is 0 Å². The molecule has 0 atom stereocenters. The first-order valence-corrected chi connectivity index (χ1v) is 3.68. The van der Waals surface area contributed by atoms with Gasteiger partial charge in [-0.2, -0.15) is 0 Å². The normalized spacial score (nSPS) is 22.4. The molecular weight excluding hydrogens is 128 g/mol. The van der Waals surface area contributed by atoms with Gasteiger partial charge in [-0.1, -0.05) is 13.8 Å². The topological polar surface area (TPSA) is 26.3 Å². The van der Waals surface area contributed by atoms with Crippen LogP contribution in [0, 0.1) is 11.3 Å². The first kappa shape index (κ1) is 7.73. The molecule has 0 aromatic carbocycles. The summed E-state index contributed by atoms with van der Waals surface area (Å²) in [6, 6.07) is 0. The Morgan fingerprint density at radius 2 is 2.00 bits per heavy atom. The maximum Gasteiger partial charge on any atom is 0.145 e. The zero-order valence-electron chi connectivity index (χ0n) is 6.81. The number of carbonyl (C=O) groups excluding carboxylic acids is 1. The molecule has 2 nitrogen and oxygen atoms in total. The highest BCUT2D eigenvalue weighted by atomic mass is 16.5. The van der Waals surface area contributed by atoms with Gasteiger partial charge in [-0.15, -0.1) is 0 Å². The molecule has 1 rings (SSSR count). The summed E-state index contributed by atoms with van der Waals surface area (Å²) in [5.41, 5.74) is -0.159. The first-order chi connectivity index (χ1) is 4.56. The van der Waals surface area contributed by atoms with Gasteiger partial charge in [-0.25, -0.2) is 0 Å². The van der Waals surface area contributed by atoms with Crippen molar-refractivity contribution in [1.29, 1.82) is 0 Å². The molecule has 0 N–H and O–H groups in total. The lowest BCUT2D eigenvalue weighted by molar-refractivity contribution is -0.158. The third-order valence-corrected chi connectivity index (χ3v) is 1.96. The zero-order valence-corrected chi connectivity index (χ0v) is 6.81. The molecule has 0 saturated carbocycles. The molecule has 2 heteroatoms. The fraction of sp³-hybridized carbons (Fsp3) is 0.875. The van der Waals surface area contributed by atoms with Crippen LogP contribution in [0.4, 0.5) is 0 Å². The molecule has 1 fully saturated rings. The lowest BCUT2D eigenvalue weighted by Gasteiger charge is -2.37. The molecule has 58 valence electrons. The van der Waals surface area contributed by atoms with E-state index < -0.39 is 0 Å². The number of rotatable bonds is 2. The van der Waals surface area contributed by atoms with Crippen LogP contribution in [0.15, 0.2) is 0 Å². The number of ether oxygens (including phenoxy) is 1. The fourth-order valence-corrected chi connectivity index (χ4v) is 1.25. The van der Waals surface area contributed by atoms with Crippen molar-refractivity contribution < 1.29 is 9.53 Å². The van der Waals surface area contributed by atoms with E-state index in [1.807, 2.05) is 20.8 Å². The molecule has 0 unspecified atom stereocenters. The lowest BCUT2D eigenvalue weighted by atomic mass is 9.79. The second-order valence-corrected chi connectivity index (χ2v) is 3.57. The monoisotopic (exact) mass is 142 g/mol. The van der Waals surface area contributed by atoms with Crippen LogP contribution in [0.25, 0.3) is 0 Å². The summed E-state index contributed by atoms with van der Waals surface area (Å²) < 4.78 is 4.99. The van der Waals surface area contributed by atoms with Gasteiger partial charge >= 0.3 is 0 Å². The van der Waals surface area contributed by atoms with Crippen molar-refractivity contribution in [3.8, 4) is 0 Å². The van der Waals surface area contributed by atoms with Gasteiger partial charge in [-0.3, -0.25) is 4.79 Å². The van der Waals surface area contributed by atoms with Crippen molar-refractivity contribution in [3.05, 3.63) is 0 Å². The van der Waals surface area contributed by atoms with E-state index in [4.69, 9.17) is 4.74 Å². The van der Waals surface area contributed by atoms with E-state index in [2.05, 4.69) is 0 Å². The highest BCUT2D eigenvalue weighted by molar-refractivity contribution is 5.87. The van der Waals surface area contributed by atoms with Crippen LogP contribution < -0.4 is 0 Å². The summed E-state index contributed by atoms with van der Waals surface area (Å²) in [5, 5.41) is 0. The Bertz CT molecular complexity index is 145. The van der Waals surface area contributed by atoms with Crippen molar-refractivity contribution in [2.45, 2.75) is 20.8 Å². The molecule has 1 saturated heterocycles. The van der Waals surface area contributed by atoms with Crippen LogP contribution in [0.2, 0.25) is 0 Å². The van der Waals surface area contributed by atoms with Gasteiger partial charge in [0, 0.05) is 5.92 Å². The zero-order chi connectivity index (χ0) is 7.78. The largest absolute Gasteiger partial charge is 0.379 e. The molecule has 0 radical (unpaired) electrons. The molecule has 1 aliphatic rings. The van der Waals surface area contributed by atoms with Crippen molar-refractivity contribution in [2.24, 2.45) is 11.3 Å². The SMILES string of the molecule is CC(C)C(=O)C1(C)COC1. The van der Waals surface area contributed by atoms with E-state index in [0.29, 0.717) is 19.0 Å². The molecule has 0 aliphatic carbocycles. The minimum absolute atomic E-state index is 0.147. The van der Waals surface area contributed by atoms with E-state index >= 15 is 0 Å². The van der Waals surface area contributed by atoms with Crippen LogP contribution in [0.3, 0.4) is 0 Å². The molecule has 0 amide bonds. The predicted octanol–water partition coefficient (Wildman–Crippen LogP) is 1.25. The summed E-state index contributed by atoms with van der Waals surface area (Å²) in [6.45, 7) is 7.07. The van der Waals surface area contributed by atoms with E-state index in [1.54, 1.807) is 0 Å². The molecular formula is C8H14O2. The maximum absolute atomic E-state index is 11.4. The number of carbonyl (C=O) groups is 1. The average Bonchev–Trinajstić information content (AvgIpc) is 1.81. The quantitative estimate of drug-likeness (QED) is 0.580. The summed E-state index contributed by atoms with van der Waals surface area (Å²) in [4.78, 5) is 11.4. The Balaban J connectivity index is 2.55. The molecule has 1 heterocycles. The van der Waals surface area contributed by atoms with Gasteiger partial charge in [0.25, 0.3) is 0 Å². The fourth-order valence-electron chi connectivity index (χ4n) is 1.25. The van der Waals surface area contributed by atoms with Gasteiger partial charge in [0.05, 0.1) is 18.6 Å². The highest BCUT2D eigenvalue weighted by Crippen LogP contribution is 2.30. The lowest BCUT2D eigenvalue weighted by Crippen LogP contribution is -2.48. The standard InChI is InChI=1S/C8H14O2/c1-6(2)7(9)8(3)4-10-5-8/h6H,4-5H2,1-3H3. The van der Waals surface area contributed by atoms with Crippen molar-refractivity contribution in [2.75, 3.05) is 13.2 Å². The third kappa shape index (κ3) is 1.08. The highest BCUT2D eigenvalue weighted by Gasteiger charge is 2.41. The molecule has 0 spiro atoms. The van der Waals surface area contributed by atoms with Gasteiger partial charge in [-0.05, 0) is 6.92 Å². The average molecular weight is 142 g/mol. The second kappa shape index (κ2) is 2.35. The molecule has 0 bridgehead atoms. The minimum Gasteiger partial charge on any atom is -0.379 e. The van der Waals surface area contributed by atoms with Crippen LogP contribution in [-0.4, -0.2) is 19.0 Å². The predicted molar refractivity (Wildman–Crippen MR) is 38.8 cm³/mol. The van der Waals surface area contributed by atoms with Crippen LogP contribution >= 0.6 is 0 Å². The van der Waals surface area contributed by atoms with E-state index in [0.717, 1.165) is 0 Å². The Labute approximate surface area is 61.6 Å². The van der Waals surface area contributed by atoms with E-state index in [1.165, 1.54) is 0 Å². The van der Waals surface area contributed by atoms with E-state index in [-0.39, 0.29) is 11.3 Å². The van der Waals surface area contributed by atoms with Crippen LogP contribution in [0.5, 0.6) is 0 Å². The van der Waals surface area contributed by atoms with Gasteiger partial charge < -0.3 is 4.74 Å². The Hall–Kier alpha value is -0.370. The number of hydrogen-bond acceptors (Lipinski definition) is 2. The Morgan fingerprint density at radius 1 is 1.50 bits per heavy atom. The summed E-state index contributed by atoms with van der Waals surface area (Å²) >= 11 is 0. The number of ketones is 1.